The monoisotopic (exact) mass is 267 g/mol. The number of likely N-dealkylation sites (tertiary alicyclic amines) is 1. The molecule has 0 spiro atoms. The summed E-state index contributed by atoms with van der Waals surface area (Å²) in [7, 11) is 0. The molecule has 1 aliphatic rings. The Balaban J connectivity index is 2.23. The van der Waals surface area contributed by atoms with E-state index in [9.17, 15) is 9.59 Å². The fourth-order valence-electron chi connectivity index (χ4n) is 2.22. The van der Waals surface area contributed by atoms with E-state index < -0.39 is 12.0 Å². The van der Waals surface area contributed by atoms with Crippen LogP contribution in [0.2, 0.25) is 5.02 Å². The maximum atomic E-state index is 12.3. The van der Waals surface area contributed by atoms with Gasteiger partial charge in [-0.05, 0) is 37.5 Å². The van der Waals surface area contributed by atoms with E-state index in [1.165, 1.54) is 4.90 Å². The third kappa shape index (κ3) is 2.64. The van der Waals surface area contributed by atoms with Gasteiger partial charge in [0.05, 0.1) is 0 Å². The predicted molar refractivity (Wildman–Crippen MR) is 67.8 cm³/mol. The Kier molecular flexibility index (Phi) is 3.87. The van der Waals surface area contributed by atoms with Gasteiger partial charge in [-0.2, -0.15) is 0 Å². The summed E-state index contributed by atoms with van der Waals surface area (Å²) >= 11 is 5.84. The predicted octanol–water partition coefficient (Wildman–Crippen LogP) is 2.42. The molecule has 0 aliphatic carbocycles. The Morgan fingerprint density at radius 1 is 1.33 bits per heavy atom. The van der Waals surface area contributed by atoms with Crippen molar-refractivity contribution in [1.29, 1.82) is 0 Å². The van der Waals surface area contributed by atoms with Gasteiger partial charge in [0.25, 0.3) is 5.91 Å². The van der Waals surface area contributed by atoms with Crippen molar-refractivity contribution in [3.05, 3.63) is 34.9 Å². The van der Waals surface area contributed by atoms with Gasteiger partial charge in [-0.1, -0.05) is 17.7 Å². The van der Waals surface area contributed by atoms with Crippen LogP contribution in [0.5, 0.6) is 0 Å². The highest BCUT2D eigenvalue weighted by molar-refractivity contribution is 6.30. The number of aliphatic carboxylic acids is 1. The molecule has 4 nitrogen and oxygen atoms in total. The standard InChI is InChI=1S/C13H14ClNO3/c14-10-5-3-4-9(8-10)12(16)15-7-2-1-6-11(15)13(17)18/h3-5,8,11H,1-2,6-7H2,(H,17,18)/t11-/m1/s1. The van der Waals surface area contributed by atoms with E-state index >= 15 is 0 Å². The van der Waals surface area contributed by atoms with E-state index in [1.807, 2.05) is 0 Å². The maximum Gasteiger partial charge on any atom is 0.326 e. The maximum absolute atomic E-state index is 12.3. The molecule has 0 saturated carbocycles. The summed E-state index contributed by atoms with van der Waals surface area (Å²) < 4.78 is 0. The van der Waals surface area contributed by atoms with Crippen molar-refractivity contribution in [1.82, 2.24) is 4.90 Å². The van der Waals surface area contributed by atoms with Crippen LogP contribution in [0.3, 0.4) is 0 Å². The molecule has 5 heteroatoms. The minimum Gasteiger partial charge on any atom is -0.480 e. The Morgan fingerprint density at radius 3 is 2.78 bits per heavy atom. The Labute approximate surface area is 110 Å². The third-order valence-corrected chi connectivity index (χ3v) is 3.36. The number of carboxylic acid groups (broad SMARTS) is 1. The summed E-state index contributed by atoms with van der Waals surface area (Å²) in [6, 6.07) is 5.88. The molecular weight excluding hydrogens is 254 g/mol. The van der Waals surface area contributed by atoms with E-state index in [4.69, 9.17) is 16.7 Å². The molecule has 0 unspecified atom stereocenters. The van der Waals surface area contributed by atoms with Crippen LogP contribution in [0, 0.1) is 0 Å². The van der Waals surface area contributed by atoms with Gasteiger partial charge in [0, 0.05) is 17.1 Å². The first-order chi connectivity index (χ1) is 8.59. The Bertz CT molecular complexity index is 475. The van der Waals surface area contributed by atoms with Gasteiger partial charge in [-0.3, -0.25) is 4.79 Å². The van der Waals surface area contributed by atoms with Gasteiger partial charge in [0.2, 0.25) is 0 Å². The lowest BCUT2D eigenvalue weighted by Gasteiger charge is -2.33. The molecule has 1 saturated heterocycles. The van der Waals surface area contributed by atoms with E-state index in [2.05, 4.69) is 0 Å². The van der Waals surface area contributed by atoms with Crippen LogP contribution < -0.4 is 0 Å². The second-order valence-electron chi connectivity index (χ2n) is 4.36. The van der Waals surface area contributed by atoms with Gasteiger partial charge in [-0.25, -0.2) is 4.79 Å². The summed E-state index contributed by atoms with van der Waals surface area (Å²) in [5.41, 5.74) is 0.440. The highest BCUT2D eigenvalue weighted by Gasteiger charge is 2.32. The van der Waals surface area contributed by atoms with E-state index in [0.29, 0.717) is 23.6 Å². The number of piperidine rings is 1. The number of hydrogen-bond acceptors (Lipinski definition) is 2. The molecular formula is C13H14ClNO3. The van der Waals surface area contributed by atoms with Crippen LogP contribution in [0.1, 0.15) is 29.6 Å². The number of carbonyl (C=O) groups is 2. The molecule has 1 fully saturated rings. The lowest BCUT2D eigenvalue weighted by Crippen LogP contribution is -2.47. The summed E-state index contributed by atoms with van der Waals surface area (Å²) in [4.78, 5) is 24.8. The first-order valence-corrected chi connectivity index (χ1v) is 6.27. The van der Waals surface area contributed by atoms with Crippen molar-refractivity contribution >= 4 is 23.5 Å². The quantitative estimate of drug-likeness (QED) is 0.895. The topological polar surface area (TPSA) is 57.6 Å². The summed E-state index contributed by atoms with van der Waals surface area (Å²) in [5, 5.41) is 9.62. The van der Waals surface area contributed by atoms with Gasteiger partial charge in [-0.15, -0.1) is 0 Å². The molecule has 1 heterocycles. The smallest absolute Gasteiger partial charge is 0.326 e. The molecule has 1 aromatic rings. The van der Waals surface area contributed by atoms with Gasteiger partial charge in [0.15, 0.2) is 0 Å². The SMILES string of the molecule is O=C(O)[C@H]1CCCCN1C(=O)c1cccc(Cl)c1. The number of benzene rings is 1. The minimum absolute atomic E-state index is 0.260. The molecule has 0 bridgehead atoms. The molecule has 1 aliphatic heterocycles. The molecule has 1 N–H and O–H groups in total. The minimum atomic E-state index is -0.940. The molecule has 0 aromatic heterocycles. The molecule has 18 heavy (non-hydrogen) atoms. The van der Waals surface area contributed by atoms with E-state index in [-0.39, 0.29) is 5.91 Å². The molecule has 1 amide bonds. The van der Waals surface area contributed by atoms with Crippen molar-refractivity contribution in [2.75, 3.05) is 6.54 Å². The largest absolute Gasteiger partial charge is 0.480 e. The number of carboxylic acids is 1. The molecule has 1 aromatic carbocycles. The average Bonchev–Trinajstić information content (AvgIpc) is 2.38. The number of halogens is 1. The van der Waals surface area contributed by atoms with Crippen LogP contribution in [0.25, 0.3) is 0 Å². The van der Waals surface area contributed by atoms with Crippen molar-refractivity contribution in [2.24, 2.45) is 0 Å². The highest BCUT2D eigenvalue weighted by Crippen LogP contribution is 2.21. The first-order valence-electron chi connectivity index (χ1n) is 5.89. The van der Waals surface area contributed by atoms with Crippen LogP contribution in [-0.2, 0) is 4.79 Å². The summed E-state index contributed by atoms with van der Waals surface area (Å²) in [6.45, 7) is 0.488. The molecule has 96 valence electrons. The van der Waals surface area contributed by atoms with Crippen LogP contribution in [0.4, 0.5) is 0 Å². The molecule has 0 radical (unpaired) electrons. The van der Waals surface area contributed by atoms with Crippen molar-refractivity contribution in [3.8, 4) is 0 Å². The fraction of sp³-hybridized carbons (Fsp3) is 0.385. The van der Waals surface area contributed by atoms with Crippen LogP contribution in [0.15, 0.2) is 24.3 Å². The lowest BCUT2D eigenvalue weighted by atomic mass is 10.0. The van der Waals surface area contributed by atoms with Crippen molar-refractivity contribution in [3.63, 3.8) is 0 Å². The summed E-state index contributed by atoms with van der Waals surface area (Å²) in [6.07, 6.45) is 2.20. The third-order valence-electron chi connectivity index (χ3n) is 3.12. The number of nitrogens with zero attached hydrogens (tertiary/aromatic N) is 1. The second-order valence-corrected chi connectivity index (χ2v) is 4.80. The zero-order chi connectivity index (χ0) is 13.1. The molecule has 1 atom stereocenters. The highest BCUT2D eigenvalue weighted by atomic mass is 35.5. The van der Waals surface area contributed by atoms with Crippen LogP contribution >= 0.6 is 11.6 Å². The zero-order valence-electron chi connectivity index (χ0n) is 9.80. The average molecular weight is 268 g/mol. The van der Waals surface area contributed by atoms with Gasteiger partial charge in [0.1, 0.15) is 6.04 Å². The van der Waals surface area contributed by atoms with E-state index in [0.717, 1.165) is 12.8 Å². The lowest BCUT2D eigenvalue weighted by molar-refractivity contribution is -0.143. The number of carbonyl (C=O) groups excluding carboxylic acids is 1. The fourth-order valence-corrected chi connectivity index (χ4v) is 2.41. The number of amides is 1. The van der Waals surface area contributed by atoms with Gasteiger partial charge >= 0.3 is 5.97 Å². The zero-order valence-corrected chi connectivity index (χ0v) is 10.6. The van der Waals surface area contributed by atoms with Crippen molar-refractivity contribution < 1.29 is 14.7 Å². The van der Waals surface area contributed by atoms with Crippen molar-refractivity contribution in [2.45, 2.75) is 25.3 Å². The second kappa shape index (κ2) is 5.40. The van der Waals surface area contributed by atoms with Crippen LogP contribution in [-0.4, -0.2) is 34.5 Å². The Hall–Kier alpha value is -1.55. The number of hydrogen-bond donors (Lipinski definition) is 1. The first kappa shape index (κ1) is 12.9. The van der Waals surface area contributed by atoms with Gasteiger partial charge < -0.3 is 10.0 Å². The summed E-state index contributed by atoms with van der Waals surface area (Å²) in [5.74, 6) is -1.20. The Morgan fingerprint density at radius 2 is 2.11 bits per heavy atom. The number of rotatable bonds is 2. The normalized spacial score (nSPS) is 19.6. The molecule has 2 rings (SSSR count). The van der Waals surface area contributed by atoms with E-state index in [1.54, 1.807) is 24.3 Å².